The molecule has 2 aliphatic heterocycles. The van der Waals surface area contributed by atoms with Gasteiger partial charge in [0.05, 0.1) is 24.5 Å². The van der Waals surface area contributed by atoms with E-state index in [0.29, 0.717) is 49.2 Å². The minimum absolute atomic E-state index is 0.0530. The predicted molar refractivity (Wildman–Crippen MR) is 130 cm³/mol. The lowest BCUT2D eigenvalue weighted by atomic mass is 9.77. The highest BCUT2D eigenvalue weighted by atomic mass is 19.3. The second kappa shape index (κ2) is 9.03. The first-order valence-electron chi connectivity index (χ1n) is 13.0. The van der Waals surface area contributed by atoms with Crippen molar-refractivity contribution in [2.75, 3.05) is 7.11 Å². The average Bonchev–Trinajstić information content (AvgIpc) is 3.65. The number of methoxy groups -OCH3 is 1. The highest BCUT2D eigenvalue weighted by Crippen LogP contribution is 2.53. The number of alkyl halides is 2. The van der Waals surface area contributed by atoms with Crippen molar-refractivity contribution in [1.82, 2.24) is 5.32 Å². The summed E-state index contributed by atoms with van der Waals surface area (Å²) in [6, 6.07) is 9.73. The number of fused-ring (bicyclic) bond motifs is 2. The number of carboxylic acid groups (broad SMARTS) is 1. The number of nitrogens with one attached hydrogen (secondary N) is 1. The second-order valence-corrected chi connectivity index (χ2v) is 10.7. The standard InChI is InChI=1S/C28H29F2NO7/c1-35-18-7-8-19-20(14-22(36-23(19)13-18)15-2-4-16(5-3-15)25(32)33)31-26(34)27(10-11-27)17-6-9-21-24(12-17)38-28(29,30)37-21/h6-9,12-13,15-16,20,22H,2-5,10-11,14H2,1H3,(H,31,34)(H,32,33)/t15-,16+,20-,22-/m1/s1. The highest BCUT2D eigenvalue weighted by molar-refractivity contribution is 5.92. The van der Waals surface area contributed by atoms with Crippen LogP contribution < -0.4 is 24.3 Å². The van der Waals surface area contributed by atoms with Crippen LogP contribution in [0.1, 0.15) is 62.1 Å². The monoisotopic (exact) mass is 529 g/mol. The van der Waals surface area contributed by atoms with Crippen molar-refractivity contribution < 1.29 is 42.4 Å². The predicted octanol–water partition coefficient (Wildman–Crippen LogP) is 4.95. The number of hydrogen-bond acceptors (Lipinski definition) is 6. The third kappa shape index (κ3) is 4.39. The van der Waals surface area contributed by atoms with E-state index in [9.17, 15) is 23.5 Å². The molecule has 8 nitrogen and oxygen atoms in total. The molecule has 4 aliphatic rings. The fraction of sp³-hybridized carbons (Fsp3) is 0.500. The van der Waals surface area contributed by atoms with Gasteiger partial charge in [0.25, 0.3) is 0 Å². The Morgan fingerprint density at radius 2 is 1.74 bits per heavy atom. The molecule has 2 atom stereocenters. The molecule has 38 heavy (non-hydrogen) atoms. The van der Waals surface area contributed by atoms with Gasteiger partial charge in [-0.1, -0.05) is 6.07 Å². The lowest BCUT2D eigenvalue weighted by Gasteiger charge is -2.39. The van der Waals surface area contributed by atoms with Gasteiger partial charge < -0.3 is 29.4 Å². The summed E-state index contributed by atoms with van der Waals surface area (Å²) in [7, 11) is 1.58. The summed E-state index contributed by atoms with van der Waals surface area (Å²) in [6.45, 7) is 0. The Bertz CT molecular complexity index is 1270. The number of carbonyl (C=O) groups excluding carboxylic acids is 1. The first-order valence-corrected chi connectivity index (χ1v) is 13.0. The van der Waals surface area contributed by atoms with Gasteiger partial charge in [0.1, 0.15) is 17.6 Å². The second-order valence-electron chi connectivity index (χ2n) is 10.7. The van der Waals surface area contributed by atoms with Gasteiger partial charge in [-0.2, -0.15) is 0 Å². The molecule has 0 radical (unpaired) electrons. The van der Waals surface area contributed by atoms with Gasteiger partial charge >= 0.3 is 12.3 Å². The fourth-order valence-corrected chi connectivity index (χ4v) is 6.08. The molecule has 2 saturated carbocycles. The number of hydrogen-bond donors (Lipinski definition) is 2. The van der Waals surface area contributed by atoms with Crippen molar-refractivity contribution in [1.29, 1.82) is 0 Å². The molecule has 0 spiro atoms. The zero-order chi connectivity index (χ0) is 26.7. The molecule has 0 unspecified atom stereocenters. The number of ether oxygens (including phenoxy) is 4. The molecular weight excluding hydrogens is 500 g/mol. The summed E-state index contributed by atoms with van der Waals surface area (Å²) < 4.78 is 47.9. The molecule has 1 amide bonds. The van der Waals surface area contributed by atoms with Gasteiger partial charge in [-0.15, -0.1) is 8.78 Å². The summed E-state index contributed by atoms with van der Waals surface area (Å²) in [6.07, 6.45) is 0.537. The van der Waals surface area contributed by atoms with Gasteiger partial charge in [0.2, 0.25) is 5.91 Å². The lowest BCUT2D eigenvalue weighted by molar-refractivity contribution is -0.286. The Hall–Kier alpha value is -3.56. The van der Waals surface area contributed by atoms with Crippen molar-refractivity contribution >= 4 is 11.9 Å². The molecule has 6 rings (SSSR count). The van der Waals surface area contributed by atoms with Crippen LogP contribution in [0.3, 0.4) is 0 Å². The van der Waals surface area contributed by atoms with Gasteiger partial charge in [0, 0.05) is 18.1 Å². The molecule has 2 N–H and O–H groups in total. The Labute approximate surface area is 218 Å². The van der Waals surface area contributed by atoms with Crippen molar-refractivity contribution in [2.24, 2.45) is 11.8 Å². The van der Waals surface area contributed by atoms with E-state index in [-0.39, 0.29) is 41.4 Å². The normalized spacial score (nSPS) is 28.0. The molecule has 2 aromatic carbocycles. The fourth-order valence-electron chi connectivity index (χ4n) is 6.08. The maximum absolute atomic E-state index is 13.7. The largest absolute Gasteiger partial charge is 0.586 e. The average molecular weight is 530 g/mol. The maximum Gasteiger partial charge on any atom is 0.586 e. The van der Waals surface area contributed by atoms with Gasteiger partial charge in [-0.25, -0.2) is 0 Å². The van der Waals surface area contributed by atoms with E-state index < -0.39 is 17.7 Å². The molecule has 2 aromatic rings. The van der Waals surface area contributed by atoms with E-state index in [0.717, 1.165) is 18.4 Å². The molecule has 10 heteroatoms. The zero-order valence-electron chi connectivity index (χ0n) is 20.9. The molecule has 202 valence electrons. The number of halogens is 2. The lowest BCUT2D eigenvalue weighted by Crippen LogP contribution is -2.43. The van der Waals surface area contributed by atoms with Crippen molar-refractivity contribution in [2.45, 2.75) is 68.8 Å². The SMILES string of the molecule is COc1ccc2c(c1)O[C@@H]([C@H]1CC[C@@H](C(=O)O)CC1)C[C@H]2NC(=O)C1(c2ccc3c(c2)OC(F)(F)O3)CC1. The summed E-state index contributed by atoms with van der Waals surface area (Å²) >= 11 is 0. The van der Waals surface area contributed by atoms with Crippen LogP contribution in [0, 0.1) is 11.8 Å². The van der Waals surface area contributed by atoms with Crippen LogP contribution in [0.5, 0.6) is 23.0 Å². The smallest absolute Gasteiger partial charge is 0.497 e. The third-order valence-corrected chi connectivity index (χ3v) is 8.43. The van der Waals surface area contributed by atoms with Gasteiger partial charge in [-0.3, -0.25) is 9.59 Å². The van der Waals surface area contributed by atoms with Crippen LogP contribution in [0.2, 0.25) is 0 Å². The summed E-state index contributed by atoms with van der Waals surface area (Å²) in [5, 5.41) is 12.6. The number of rotatable bonds is 6. The van der Waals surface area contributed by atoms with Crippen LogP contribution in [-0.2, 0) is 15.0 Å². The molecular formula is C28H29F2NO7. The number of benzene rings is 2. The van der Waals surface area contributed by atoms with Crippen molar-refractivity contribution in [3.8, 4) is 23.0 Å². The summed E-state index contributed by atoms with van der Waals surface area (Å²) in [5.74, 6) is 0.0697. The van der Waals surface area contributed by atoms with Crippen LogP contribution in [0.4, 0.5) is 8.78 Å². The van der Waals surface area contributed by atoms with E-state index in [4.69, 9.17) is 9.47 Å². The molecule has 2 heterocycles. The van der Waals surface area contributed by atoms with Crippen molar-refractivity contribution in [3.63, 3.8) is 0 Å². The number of aliphatic carboxylic acids is 1. The number of carbonyl (C=O) groups is 2. The molecule has 2 aliphatic carbocycles. The summed E-state index contributed by atoms with van der Waals surface area (Å²) in [5.41, 5.74) is 0.632. The van der Waals surface area contributed by atoms with E-state index in [1.165, 1.54) is 12.1 Å². The first kappa shape index (κ1) is 24.8. The maximum atomic E-state index is 13.7. The van der Waals surface area contributed by atoms with Gasteiger partial charge in [0.15, 0.2) is 11.5 Å². The van der Waals surface area contributed by atoms with Crippen LogP contribution in [0.25, 0.3) is 0 Å². The van der Waals surface area contributed by atoms with Crippen LogP contribution >= 0.6 is 0 Å². The zero-order valence-corrected chi connectivity index (χ0v) is 20.9. The first-order chi connectivity index (χ1) is 18.2. The molecule has 2 fully saturated rings. The molecule has 0 saturated heterocycles. The van der Waals surface area contributed by atoms with Crippen LogP contribution in [0.15, 0.2) is 36.4 Å². The Morgan fingerprint density at radius 1 is 1.00 bits per heavy atom. The quantitative estimate of drug-likeness (QED) is 0.546. The Kier molecular flexibility index (Phi) is 5.88. The minimum atomic E-state index is -3.72. The van der Waals surface area contributed by atoms with Gasteiger partial charge in [-0.05, 0) is 74.3 Å². The van der Waals surface area contributed by atoms with E-state index in [2.05, 4.69) is 14.8 Å². The Balaban J connectivity index is 1.23. The van der Waals surface area contributed by atoms with Crippen molar-refractivity contribution in [3.05, 3.63) is 47.5 Å². The molecule has 0 bridgehead atoms. The highest BCUT2D eigenvalue weighted by Gasteiger charge is 2.53. The topological polar surface area (TPSA) is 103 Å². The molecule has 0 aromatic heterocycles. The number of amides is 1. The van der Waals surface area contributed by atoms with E-state index in [1.54, 1.807) is 13.2 Å². The third-order valence-electron chi connectivity index (χ3n) is 8.43. The van der Waals surface area contributed by atoms with E-state index in [1.807, 2.05) is 18.2 Å². The minimum Gasteiger partial charge on any atom is -0.497 e. The van der Waals surface area contributed by atoms with Crippen LogP contribution in [-0.4, -0.2) is 36.5 Å². The van der Waals surface area contributed by atoms with E-state index >= 15 is 0 Å². The summed E-state index contributed by atoms with van der Waals surface area (Å²) in [4.78, 5) is 25.1. The Morgan fingerprint density at radius 3 is 2.42 bits per heavy atom. The number of carboxylic acids is 1.